The zero-order valence-electron chi connectivity index (χ0n) is 15.4. The number of nitrogens with one attached hydrogen (secondary N) is 1. The van der Waals surface area contributed by atoms with Crippen LogP contribution in [-0.4, -0.2) is 36.4 Å². The number of methoxy groups -OCH3 is 1. The second kappa shape index (κ2) is 9.05. The fourth-order valence-electron chi connectivity index (χ4n) is 2.60. The van der Waals surface area contributed by atoms with Crippen LogP contribution in [0.5, 0.6) is 11.5 Å². The van der Waals surface area contributed by atoms with Gasteiger partial charge in [-0.25, -0.2) is 9.78 Å². The molecule has 0 aliphatic heterocycles. The summed E-state index contributed by atoms with van der Waals surface area (Å²) in [6, 6.07) is 13.4. The highest BCUT2D eigenvalue weighted by Gasteiger charge is 2.22. The minimum atomic E-state index is -2.84. The number of halogens is 2. The SMILES string of the molecule is COc1ccc(-c2nc(C(F)F)oc2-c2ccc(OCCNC(=O)O)cc2)cc1. The molecule has 29 heavy (non-hydrogen) atoms. The molecular formula is C20H18F2N2O5. The van der Waals surface area contributed by atoms with Gasteiger partial charge in [-0.1, -0.05) is 0 Å². The first kappa shape index (κ1) is 20.1. The highest BCUT2D eigenvalue weighted by Crippen LogP contribution is 2.36. The molecule has 0 aliphatic rings. The predicted octanol–water partition coefficient (Wildman–Crippen LogP) is 4.60. The smallest absolute Gasteiger partial charge is 0.404 e. The molecule has 0 saturated heterocycles. The van der Waals surface area contributed by atoms with E-state index in [-0.39, 0.29) is 18.9 Å². The first-order valence-electron chi connectivity index (χ1n) is 8.61. The topological polar surface area (TPSA) is 93.8 Å². The summed E-state index contributed by atoms with van der Waals surface area (Å²) in [5.74, 6) is 0.683. The highest BCUT2D eigenvalue weighted by atomic mass is 19.3. The van der Waals surface area contributed by atoms with Crippen molar-refractivity contribution in [1.82, 2.24) is 10.3 Å². The molecule has 0 unspecified atom stereocenters. The van der Waals surface area contributed by atoms with Crippen LogP contribution in [0.1, 0.15) is 12.3 Å². The molecule has 1 aromatic heterocycles. The number of alkyl halides is 2. The molecule has 3 rings (SSSR count). The maximum absolute atomic E-state index is 13.2. The standard InChI is InChI=1S/C20H18F2N2O5/c1-27-14-6-2-12(3-7-14)16-17(29-19(24-16)18(21)22)13-4-8-15(9-5-13)28-11-10-23-20(25)26/h2-9,18,23H,10-11H2,1H3,(H,25,26). The molecule has 1 heterocycles. The molecule has 0 spiro atoms. The molecule has 0 saturated carbocycles. The first-order valence-corrected chi connectivity index (χ1v) is 8.61. The number of hydrogen-bond donors (Lipinski definition) is 2. The Morgan fingerprint density at radius 3 is 2.31 bits per heavy atom. The molecular weight excluding hydrogens is 386 g/mol. The number of carbonyl (C=O) groups is 1. The van der Waals surface area contributed by atoms with Gasteiger partial charge in [-0.2, -0.15) is 8.78 Å². The third kappa shape index (κ3) is 5.01. The van der Waals surface area contributed by atoms with E-state index in [9.17, 15) is 13.6 Å². The normalized spacial score (nSPS) is 10.8. The number of ether oxygens (including phenoxy) is 2. The first-order chi connectivity index (χ1) is 14.0. The van der Waals surface area contributed by atoms with Gasteiger partial charge in [0.05, 0.1) is 13.7 Å². The van der Waals surface area contributed by atoms with Crippen LogP contribution >= 0.6 is 0 Å². The molecule has 2 N–H and O–H groups in total. The van der Waals surface area contributed by atoms with Crippen LogP contribution in [0.4, 0.5) is 13.6 Å². The van der Waals surface area contributed by atoms with Gasteiger partial charge in [0.1, 0.15) is 23.8 Å². The summed E-state index contributed by atoms with van der Waals surface area (Å²) in [5.41, 5.74) is 1.45. The molecule has 0 bridgehead atoms. The molecule has 1 amide bonds. The molecule has 2 aromatic carbocycles. The fourth-order valence-corrected chi connectivity index (χ4v) is 2.60. The zero-order valence-corrected chi connectivity index (χ0v) is 15.4. The third-order valence-electron chi connectivity index (χ3n) is 3.96. The number of carboxylic acid groups (broad SMARTS) is 1. The Balaban J connectivity index is 1.84. The quantitative estimate of drug-likeness (QED) is 0.533. The fraction of sp³-hybridized carbons (Fsp3) is 0.200. The molecule has 0 atom stereocenters. The van der Waals surface area contributed by atoms with Crippen molar-refractivity contribution in [2.45, 2.75) is 6.43 Å². The Labute approximate surface area is 164 Å². The Morgan fingerprint density at radius 1 is 1.10 bits per heavy atom. The second-order valence-electron chi connectivity index (χ2n) is 5.86. The summed E-state index contributed by atoms with van der Waals surface area (Å²) in [5, 5.41) is 10.7. The predicted molar refractivity (Wildman–Crippen MR) is 100 cm³/mol. The van der Waals surface area contributed by atoms with Crippen LogP contribution < -0.4 is 14.8 Å². The number of oxazole rings is 1. The summed E-state index contributed by atoms with van der Waals surface area (Å²) in [6.45, 7) is 0.291. The Hall–Kier alpha value is -3.62. The summed E-state index contributed by atoms with van der Waals surface area (Å²) in [7, 11) is 1.53. The largest absolute Gasteiger partial charge is 0.497 e. The van der Waals surface area contributed by atoms with Crippen molar-refractivity contribution in [1.29, 1.82) is 0 Å². The highest BCUT2D eigenvalue weighted by molar-refractivity contribution is 5.77. The lowest BCUT2D eigenvalue weighted by Crippen LogP contribution is -2.26. The van der Waals surface area contributed by atoms with Gasteiger partial charge in [-0.15, -0.1) is 0 Å². The van der Waals surface area contributed by atoms with Gasteiger partial charge in [0.15, 0.2) is 5.76 Å². The van der Waals surface area contributed by atoms with E-state index in [4.69, 9.17) is 19.0 Å². The third-order valence-corrected chi connectivity index (χ3v) is 3.96. The lowest BCUT2D eigenvalue weighted by atomic mass is 10.1. The number of nitrogens with zero attached hydrogens (tertiary/aromatic N) is 1. The molecule has 0 aliphatic carbocycles. The van der Waals surface area contributed by atoms with Gasteiger partial charge in [-0.3, -0.25) is 0 Å². The number of benzene rings is 2. The van der Waals surface area contributed by atoms with E-state index in [0.717, 1.165) is 0 Å². The van der Waals surface area contributed by atoms with Crippen molar-refractivity contribution in [3.8, 4) is 34.1 Å². The summed E-state index contributed by atoms with van der Waals surface area (Å²) < 4.78 is 42.2. The van der Waals surface area contributed by atoms with Gasteiger partial charge in [0, 0.05) is 11.1 Å². The van der Waals surface area contributed by atoms with Crippen LogP contribution in [0.3, 0.4) is 0 Å². The van der Waals surface area contributed by atoms with E-state index in [1.165, 1.54) is 7.11 Å². The van der Waals surface area contributed by atoms with Gasteiger partial charge < -0.3 is 24.3 Å². The number of aromatic nitrogens is 1. The van der Waals surface area contributed by atoms with E-state index < -0.39 is 18.4 Å². The maximum Gasteiger partial charge on any atom is 0.404 e. The second-order valence-corrected chi connectivity index (χ2v) is 5.86. The lowest BCUT2D eigenvalue weighted by Gasteiger charge is -2.07. The van der Waals surface area contributed by atoms with Gasteiger partial charge in [0.2, 0.25) is 0 Å². The summed E-state index contributed by atoms with van der Waals surface area (Å²) in [6.07, 6.45) is -3.97. The number of rotatable bonds is 8. The average molecular weight is 404 g/mol. The van der Waals surface area contributed by atoms with Crippen LogP contribution in [0, 0.1) is 0 Å². The maximum atomic E-state index is 13.2. The Bertz CT molecular complexity index is 956. The van der Waals surface area contributed by atoms with E-state index >= 15 is 0 Å². The lowest BCUT2D eigenvalue weighted by molar-refractivity contribution is 0.116. The van der Waals surface area contributed by atoms with Crippen molar-refractivity contribution < 1.29 is 32.6 Å². The molecule has 9 heteroatoms. The van der Waals surface area contributed by atoms with E-state index in [1.54, 1.807) is 48.5 Å². The van der Waals surface area contributed by atoms with E-state index in [0.29, 0.717) is 28.3 Å². The molecule has 0 radical (unpaired) electrons. The number of hydrogen-bond acceptors (Lipinski definition) is 5. The number of amides is 1. The van der Waals surface area contributed by atoms with E-state index in [1.807, 2.05) is 0 Å². The van der Waals surface area contributed by atoms with Crippen LogP contribution in [0.15, 0.2) is 52.9 Å². The molecule has 152 valence electrons. The average Bonchev–Trinajstić information content (AvgIpc) is 3.17. The van der Waals surface area contributed by atoms with Crippen LogP contribution in [-0.2, 0) is 0 Å². The van der Waals surface area contributed by atoms with Crippen LogP contribution in [0.2, 0.25) is 0 Å². The van der Waals surface area contributed by atoms with Crippen molar-refractivity contribution in [3.63, 3.8) is 0 Å². The van der Waals surface area contributed by atoms with Crippen molar-refractivity contribution in [2.75, 3.05) is 20.3 Å². The Morgan fingerprint density at radius 2 is 1.72 bits per heavy atom. The van der Waals surface area contributed by atoms with Crippen molar-refractivity contribution in [2.24, 2.45) is 0 Å². The van der Waals surface area contributed by atoms with Gasteiger partial charge in [0.25, 0.3) is 5.89 Å². The minimum absolute atomic E-state index is 0.137. The van der Waals surface area contributed by atoms with Gasteiger partial charge >= 0.3 is 12.5 Å². The summed E-state index contributed by atoms with van der Waals surface area (Å²) in [4.78, 5) is 14.4. The Kier molecular flexibility index (Phi) is 6.28. The van der Waals surface area contributed by atoms with Gasteiger partial charge in [-0.05, 0) is 48.5 Å². The van der Waals surface area contributed by atoms with Crippen molar-refractivity contribution in [3.05, 3.63) is 54.4 Å². The van der Waals surface area contributed by atoms with Crippen LogP contribution in [0.25, 0.3) is 22.6 Å². The zero-order chi connectivity index (χ0) is 20.8. The summed E-state index contributed by atoms with van der Waals surface area (Å²) >= 11 is 0. The minimum Gasteiger partial charge on any atom is -0.497 e. The van der Waals surface area contributed by atoms with Crippen molar-refractivity contribution >= 4 is 6.09 Å². The van der Waals surface area contributed by atoms with E-state index in [2.05, 4.69) is 10.3 Å². The molecule has 7 nitrogen and oxygen atoms in total. The monoisotopic (exact) mass is 404 g/mol. The molecule has 3 aromatic rings. The molecule has 0 fully saturated rings.